The number of methoxy groups -OCH3 is 1. The molecule has 5 nitrogen and oxygen atoms in total. The molecule has 3 aromatic rings. The van der Waals surface area contributed by atoms with Crippen LogP contribution in [0.25, 0.3) is 11.3 Å². The quantitative estimate of drug-likeness (QED) is 0.700. The second-order valence-corrected chi connectivity index (χ2v) is 7.31. The van der Waals surface area contributed by atoms with E-state index in [1.54, 1.807) is 36.6 Å². The Balaban J connectivity index is 1.51. The van der Waals surface area contributed by atoms with Crippen molar-refractivity contribution < 1.29 is 9.53 Å². The Morgan fingerprint density at radius 1 is 1.15 bits per heavy atom. The maximum absolute atomic E-state index is 12.5. The van der Waals surface area contributed by atoms with Crippen LogP contribution in [0.2, 0.25) is 0 Å². The van der Waals surface area contributed by atoms with Gasteiger partial charge in [0.05, 0.1) is 12.8 Å². The van der Waals surface area contributed by atoms with Gasteiger partial charge in [0.15, 0.2) is 5.13 Å². The number of nitrogens with zero attached hydrogens (tertiary/aromatic N) is 2. The lowest BCUT2D eigenvalue weighted by Crippen LogP contribution is -2.17. The summed E-state index contributed by atoms with van der Waals surface area (Å²) >= 11 is 1.68. The Labute approximate surface area is 162 Å². The number of carbonyl (C=O) groups excluding carboxylic acids is 1. The fourth-order valence-corrected chi connectivity index (χ4v) is 4.06. The molecule has 0 bridgehead atoms. The van der Waals surface area contributed by atoms with Crippen molar-refractivity contribution in [1.82, 2.24) is 4.98 Å². The molecule has 0 unspecified atom stereocenters. The van der Waals surface area contributed by atoms with E-state index in [1.165, 1.54) is 12.8 Å². The zero-order valence-corrected chi connectivity index (χ0v) is 16.0. The number of rotatable bonds is 5. The number of anilines is 2. The van der Waals surface area contributed by atoms with E-state index < -0.39 is 0 Å². The zero-order valence-electron chi connectivity index (χ0n) is 15.1. The van der Waals surface area contributed by atoms with Crippen molar-refractivity contribution in [2.75, 3.05) is 30.4 Å². The van der Waals surface area contributed by atoms with E-state index in [1.807, 2.05) is 30.3 Å². The number of aromatic nitrogens is 1. The van der Waals surface area contributed by atoms with E-state index >= 15 is 0 Å². The molecule has 0 spiro atoms. The van der Waals surface area contributed by atoms with Gasteiger partial charge < -0.3 is 15.0 Å². The monoisotopic (exact) mass is 379 g/mol. The van der Waals surface area contributed by atoms with Crippen LogP contribution in [0.1, 0.15) is 23.2 Å². The maximum Gasteiger partial charge on any atom is 0.255 e. The average Bonchev–Trinajstić information content (AvgIpc) is 3.40. The Morgan fingerprint density at radius 3 is 2.78 bits per heavy atom. The van der Waals surface area contributed by atoms with E-state index in [9.17, 15) is 4.79 Å². The molecule has 2 heterocycles. The topological polar surface area (TPSA) is 54.5 Å². The van der Waals surface area contributed by atoms with Crippen molar-refractivity contribution in [3.63, 3.8) is 0 Å². The van der Waals surface area contributed by atoms with E-state index in [2.05, 4.69) is 15.6 Å². The average molecular weight is 379 g/mol. The Hall–Kier alpha value is -2.86. The molecule has 138 valence electrons. The molecule has 1 fully saturated rings. The van der Waals surface area contributed by atoms with Crippen LogP contribution in [0.4, 0.5) is 10.8 Å². The minimum absolute atomic E-state index is 0.165. The zero-order chi connectivity index (χ0) is 18.6. The van der Waals surface area contributed by atoms with Crippen LogP contribution in [0, 0.1) is 0 Å². The molecule has 1 saturated heterocycles. The molecule has 0 saturated carbocycles. The first-order chi connectivity index (χ1) is 13.2. The second-order valence-electron chi connectivity index (χ2n) is 6.48. The molecular formula is C21H21N3O2S. The number of hydrogen-bond donors (Lipinski definition) is 1. The Bertz CT molecular complexity index is 948. The molecule has 1 N–H and O–H groups in total. The molecule has 4 rings (SSSR count). The summed E-state index contributed by atoms with van der Waals surface area (Å²) in [6, 6.07) is 14.9. The summed E-state index contributed by atoms with van der Waals surface area (Å²) in [7, 11) is 1.59. The van der Waals surface area contributed by atoms with Crippen LogP contribution in [0.15, 0.2) is 53.9 Å². The lowest BCUT2D eigenvalue weighted by molar-refractivity contribution is 0.102. The van der Waals surface area contributed by atoms with Crippen LogP contribution >= 0.6 is 11.3 Å². The van der Waals surface area contributed by atoms with E-state index in [4.69, 9.17) is 9.72 Å². The fraction of sp³-hybridized carbons (Fsp3) is 0.238. The van der Waals surface area contributed by atoms with Gasteiger partial charge >= 0.3 is 0 Å². The molecular weight excluding hydrogens is 358 g/mol. The summed E-state index contributed by atoms with van der Waals surface area (Å²) in [5.41, 5.74) is 3.25. The van der Waals surface area contributed by atoms with Crippen LogP contribution in [-0.4, -0.2) is 31.1 Å². The maximum atomic E-state index is 12.5. The highest BCUT2D eigenvalue weighted by Gasteiger charge is 2.16. The minimum Gasteiger partial charge on any atom is -0.497 e. The van der Waals surface area contributed by atoms with Gasteiger partial charge in [-0.3, -0.25) is 4.79 Å². The molecule has 6 heteroatoms. The fourth-order valence-electron chi connectivity index (χ4n) is 3.17. The largest absolute Gasteiger partial charge is 0.497 e. The van der Waals surface area contributed by atoms with Gasteiger partial charge in [-0.2, -0.15) is 0 Å². The minimum atomic E-state index is -0.165. The molecule has 1 aromatic heterocycles. The number of benzene rings is 2. The third-order valence-corrected chi connectivity index (χ3v) is 5.52. The second kappa shape index (κ2) is 7.80. The third-order valence-electron chi connectivity index (χ3n) is 4.62. The summed E-state index contributed by atoms with van der Waals surface area (Å²) < 4.78 is 5.19. The van der Waals surface area contributed by atoms with Crippen molar-refractivity contribution in [2.45, 2.75) is 12.8 Å². The Morgan fingerprint density at radius 2 is 1.96 bits per heavy atom. The first-order valence-corrected chi connectivity index (χ1v) is 9.87. The predicted octanol–water partition coefficient (Wildman–Crippen LogP) is 4.67. The van der Waals surface area contributed by atoms with Gasteiger partial charge in [-0.15, -0.1) is 11.3 Å². The number of ether oxygens (including phenoxy) is 1. The SMILES string of the molecule is COc1cccc(C(=O)Nc2cccc(-c3csc(N4CCCC4)n3)c2)c1. The van der Waals surface area contributed by atoms with Gasteiger partial charge in [0.25, 0.3) is 5.91 Å². The lowest BCUT2D eigenvalue weighted by Gasteiger charge is -2.12. The first-order valence-electron chi connectivity index (χ1n) is 8.99. The number of hydrogen-bond acceptors (Lipinski definition) is 5. The number of amides is 1. The van der Waals surface area contributed by atoms with Crippen LogP contribution < -0.4 is 15.0 Å². The summed E-state index contributed by atoms with van der Waals surface area (Å²) in [5.74, 6) is 0.496. The highest BCUT2D eigenvalue weighted by atomic mass is 32.1. The molecule has 0 atom stereocenters. The van der Waals surface area contributed by atoms with Crippen molar-refractivity contribution in [3.8, 4) is 17.0 Å². The summed E-state index contributed by atoms with van der Waals surface area (Å²) in [4.78, 5) is 19.6. The Kier molecular flexibility index (Phi) is 5.07. The van der Waals surface area contributed by atoms with Crippen molar-refractivity contribution in [1.29, 1.82) is 0 Å². The number of carbonyl (C=O) groups is 1. The normalized spacial score (nSPS) is 13.6. The standard InChI is InChI=1S/C21H21N3O2S/c1-26-18-9-5-7-16(13-18)20(25)22-17-8-4-6-15(12-17)19-14-27-21(23-19)24-10-2-3-11-24/h4-9,12-14H,2-3,10-11H2,1H3,(H,22,25). The van der Waals surface area contributed by atoms with Gasteiger partial charge in [0, 0.05) is 35.3 Å². The van der Waals surface area contributed by atoms with Crippen molar-refractivity contribution in [2.24, 2.45) is 0 Å². The number of nitrogens with one attached hydrogen (secondary N) is 1. The van der Waals surface area contributed by atoms with Crippen LogP contribution in [0.3, 0.4) is 0 Å². The van der Waals surface area contributed by atoms with Gasteiger partial charge in [-0.1, -0.05) is 18.2 Å². The highest BCUT2D eigenvalue weighted by Crippen LogP contribution is 2.30. The van der Waals surface area contributed by atoms with Gasteiger partial charge in [0.2, 0.25) is 0 Å². The molecule has 1 aliphatic rings. The summed E-state index contributed by atoms with van der Waals surface area (Å²) in [5, 5.41) is 6.11. The van der Waals surface area contributed by atoms with Crippen molar-refractivity contribution >= 4 is 28.1 Å². The summed E-state index contributed by atoms with van der Waals surface area (Å²) in [6.07, 6.45) is 2.47. The predicted molar refractivity (Wildman–Crippen MR) is 110 cm³/mol. The van der Waals surface area contributed by atoms with E-state index in [-0.39, 0.29) is 5.91 Å². The molecule has 1 aliphatic heterocycles. The summed E-state index contributed by atoms with van der Waals surface area (Å²) in [6.45, 7) is 2.17. The van der Waals surface area contributed by atoms with Crippen LogP contribution in [0.5, 0.6) is 5.75 Å². The molecule has 1 amide bonds. The highest BCUT2D eigenvalue weighted by molar-refractivity contribution is 7.14. The van der Waals surface area contributed by atoms with Gasteiger partial charge in [-0.05, 0) is 43.2 Å². The van der Waals surface area contributed by atoms with E-state index in [0.717, 1.165) is 35.2 Å². The van der Waals surface area contributed by atoms with Crippen LogP contribution in [-0.2, 0) is 0 Å². The lowest BCUT2D eigenvalue weighted by atomic mass is 10.1. The third kappa shape index (κ3) is 3.95. The molecule has 2 aromatic carbocycles. The number of thiazole rings is 1. The smallest absolute Gasteiger partial charge is 0.255 e. The van der Waals surface area contributed by atoms with Gasteiger partial charge in [-0.25, -0.2) is 4.98 Å². The molecule has 27 heavy (non-hydrogen) atoms. The first kappa shape index (κ1) is 17.5. The van der Waals surface area contributed by atoms with E-state index in [0.29, 0.717) is 11.3 Å². The molecule has 0 aliphatic carbocycles. The van der Waals surface area contributed by atoms with Crippen molar-refractivity contribution in [3.05, 3.63) is 59.5 Å². The van der Waals surface area contributed by atoms with Gasteiger partial charge in [0.1, 0.15) is 5.75 Å². The molecule has 0 radical (unpaired) electrons.